The van der Waals surface area contributed by atoms with Gasteiger partial charge in [0, 0.05) is 6.04 Å². The van der Waals surface area contributed by atoms with Crippen molar-refractivity contribution >= 4 is 5.97 Å². The molecule has 1 heterocycles. The molecule has 0 aliphatic heterocycles. The Hall–Kier alpha value is -2.50. The Balaban J connectivity index is 2.17. The first-order chi connectivity index (χ1) is 9.49. The van der Waals surface area contributed by atoms with Crippen LogP contribution >= 0.6 is 0 Å². The lowest BCUT2D eigenvalue weighted by atomic mass is 10.3. The van der Waals surface area contributed by atoms with Gasteiger partial charge in [0.15, 0.2) is 0 Å². The smallest absolute Gasteiger partial charge is 0.372 e. The van der Waals surface area contributed by atoms with E-state index in [1.54, 1.807) is 16.7 Å². The lowest BCUT2D eigenvalue weighted by Gasteiger charge is -2.14. The predicted molar refractivity (Wildman–Crippen MR) is 72.0 cm³/mol. The van der Waals surface area contributed by atoms with E-state index in [4.69, 9.17) is 9.84 Å². The molecule has 0 spiro atoms. The number of carboxylic acid groups (broad SMARTS) is 1. The van der Waals surface area contributed by atoms with Crippen LogP contribution in [-0.4, -0.2) is 25.7 Å². The lowest BCUT2D eigenvalue weighted by molar-refractivity contribution is 0.0675. The number of ether oxygens (including phenoxy) is 1. The molecule has 2 N–H and O–H groups in total. The number of hydrogen-bond donors (Lipinski definition) is 2. The molecule has 106 valence electrons. The number of aromatic hydroxyl groups is 1. The van der Waals surface area contributed by atoms with Crippen molar-refractivity contribution in [2.24, 2.45) is 0 Å². The van der Waals surface area contributed by atoms with E-state index >= 15 is 0 Å². The maximum absolute atomic E-state index is 11.1. The first-order valence-corrected chi connectivity index (χ1v) is 6.20. The number of carbonyl (C=O) groups is 1. The first kappa shape index (κ1) is 13.9. The van der Waals surface area contributed by atoms with Gasteiger partial charge in [-0.1, -0.05) is 0 Å². The molecule has 6 heteroatoms. The molecule has 0 amide bonds. The van der Waals surface area contributed by atoms with Gasteiger partial charge in [0.2, 0.25) is 5.82 Å². The van der Waals surface area contributed by atoms with Gasteiger partial charge in [-0.25, -0.2) is 9.78 Å². The van der Waals surface area contributed by atoms with Crippen LogP contribution in [0.15, 0.2) is 30.5 Å². The Morgan fingerprint density at radius 3 is 2.55 bits per heavy atom. The van der Waals surface area contributed by atoms with Gasteiger partial charge in [-0.2, -0.15) is 0 Å². The highest BCUT2D eigenvalue weighted by molar-refractivity contribution is 5.83. The Kier molecular flexibility index (Phi) is 3.93. The van der Waals surface area contributed by atoms with E-state index in [0.29, 0.717) is 11.4 Å². The van der Waals surface area contributed by atoms with Crippen LogP contribution < -0.4 is 4.74 Å². The van der Waals surface area contributed by atoms with Crippen molar-refractivity contribution in [3.8, 4) is 11.5 Å². The van der Waals surface area contributed by atoms with Gasteiger partial charge in [-0.15, -0.1) is 0 Å². The van der Waals surface area contributed by atoms with Crippen molar-refractivity contribution in [3.63, 3.8) is 0 Å². The number of phenols is 1. The van der Waals surface area contributed by atoms with Gasteiger partial charge in [0.1, 0.15) is 18.1 Å². The van der Waals surface area contributed by atoms with Gasteiger partial charge >= 0.3 is 5.97 Å². The summed E-state index contributed by atoms with van der Waals surface area (Å²) in [4.78, 5) is 15.0. The quantitative estimate of drug-likeness (QED) is 0.876. The number of nitrogens with zero attached hydrogens (tertiary/aromatic N) is 2. The van der Waals surface area contributed by atoms with Crippen LogP contribution in [0.4, 0.5) is 0 Å². The second-order valence-electron chi connectivity index (χ2n) is 4.62. The fourth-order valence-corrected chi connectivity index (χ4v) is 1.94. The van der Waals surface area contributed by atoms with E-state index in [0.717, 1.165) is 0 Å². The summed E-state index contributed by atoms with van der Waals surface area (Å²) in [6.07, 6.45) is 1.50. The molecule has 0 aliphatic carbocycles. The molecule has 0 saturated heterocycles. The van der Waals surface area contributed by atoms with Gasteiger partial charge in [0.25, 0.3) is 0 Å². The molecular formula is C14H16N2O4. The van der Waals surface area contributed by atoms with Gasteiger partial charge < -0.3 is 19.5 Å². The number of aromatic nitrogens is 2. The number of rotatable bonds is 5. The van der Waals surface area contributed by atoms with E-state index in [2.05, 4.69) is 4.98 Å². The number of carboxylic acids is 1. The van der Waals surface area contributed by atoms with Crippen molar-refractivity contribution in [1.82, 2.24) is 9.55 Å². The summed E-state index contributed by atoms with van der Waals surface area (Å²) >= 11 is 0. The standard InChI is InChI=1S/C14H16N2O4/c1-9(2)16-10(7-15-13(16)14(18)19)8-20-12-5-3-11(17)4-6-12/h3-7,9,17H,8H2,1-2H3,(H,18,19). The number of phenolic OH excluding ortho intramolecular Hbond substituents is 1. The molecule has 0 atom stereocenters. The van der Waals surface area contributed by atoms with E-state index in [1.165, 1.54) is 18.3 Å². The molecule has 0 unspecified atom stereocenters. The predicted octanol–water partition coefficient (Wildman–Crippen LogP) is 2.45. The highest BCUT2D eigenvalue weighted by Gasteiger charge is 2.18. The average Bonchev–Trinajstić information content (AvgIpc) is 2.82. The van der Waals surface area contributed by atoms with Crippen LogP contribution in [0.25, 0.3) is 0 Å². The zero-order valence-corrected chi connectivity index (χ0v) is 11.3. The summed E-state index contributed by atoms with van der Waals surface area (Å²) in [6, 6.07) is 6.31. The first-order valence-electron chi connectivity index (χ1n) is 6.20. The second-order valence-corrected chi connectivity index (χ2v) is 4.62. The minimum absolute atomic E-state index is 0.00399. The average molecular weight is 276 g/mol. The second kappa shape index (κ2) is 5.64. The fraction of sp³-hybridized carbons (Fsp3) is 0.286. The number of benzene rings is 1. The number of imidazole rings is 1. The van der Waals surface area contributed by atoms with Gasteiger partial charge in [-0.3, -0.25) is 0 Å². The van der Waals surface area contributed by atoms with Crippen molar-refractivity contribution < 1.29 is 19.7 Å². The van der Waals surface area contributed by atoms with Crippen molar-refractivity contribution in [2.75, 3.05) is 0 Å². The van der Waals surface area contributed by atoms with Crippen molar-refractivity contribution in [2.45, 2.75) is 26.5 Å². The van der Waals surface area contributed by atoms with Crippen LogP contribution in [0, 0.1) is 0 Å². The SMILES string of the molecule is CC(C)n1c(COc2ccc(O)cc2)cnc1C(=O)O. The zero-order valence-electron chi connectivity index (χ0n) is 11.3. The van der Waals surface area contributed by atoms with E-state index in [9.17, 15) is 9.90 Å². The molecule has 2 rings (SSSR count). The Bertz CT molecular complexity index is 602. The summed E-state index contributed by atoms with van der Waals surface area (Å²) in [6.45, 7) is 3.99. The fourth-order valence-electron chi connectivity index (χ4n) is 1.94. The summed E-state index contributed by atoms with van der Waals surface area (Å²) in [5.41, 5.74) is 0.686. The Morgan fingerprint density at radius 2 is 2.00 bits per heavy atom. The minimum atomic E-state index is -1.06. The highest BCUT2D eigenvalue weighted by atomic mass is 16.5. The molecule has 0 fully saturated rings. The largest absolute Gasteiger partial charge is 0.508 e. The molecule has 6 nitrogen and oxygen atoms in total. The van der Waals surface area contributed by atoms with Crippen LogP contribution in [-0.2, 0) is 6.61 Å². The molecule has 20 heavy (non-hydrogen) atoms. The lowest BCUT2D eigenvalue weighted by Crippen LogP contribution is -2.15. The summed E-state index contributed by atoms with van der Waals surface area (Å²) in [5.74, 6) is -0.298. The van der Waals surface area contributed by atoms with Crippen molar-refractivity contribution in [1.29, 1.82) is 0 Å². The number of hydrogen-bond acceptors (Lipinski definition) is 4. The van der Waals surface area contributed by atoms with Crippen LogP contribution in [0.2, 0.25) is 0 Å². The summed E-state index contributed by atoms with van der Waals surface area (Å²) in [7, 11) is 0. The monoisotopic (exact) mass is 276 g/mol. The van der Waals surface area contributed by atoms with Crippen LogP contribution in [0.5, 0.6) is 11.5 Å². The normalized spacial score (nSPS) is 10.8. The molecular weight excluding hydrogens is 260 g/mol. The minimum Gasteiger partial charge on any atom is -0.508 e. The van der Waals surface area contributed by atoms with Gasteiger partial charge in [-0.05, 0) is 38.1 Å². The Labute approximate surface area is 116 Å². The zero-order chi connectivity index (χ0) is 14.7. The maximum atomic E-state index is 11.1. The summed E-state index contributed by atoms with van der Waals surface area (Å²) in [5, 5.41) is 18.3. The van der Waals surface area contributed by atoms with E-state index < -0.39 is 5.97 Å². The molecule has 0 aliphatic rings. The third kappa shape index (κ3) is 2.90. The van der Waals surface area contributed by atoms with Crippen LogP contribution in [0.3, 0.4) is 0 Å². The third-order valence-electron chi connectivity index (χ3n) is 2.80. The topological polar surface area (TPSA) is 84.6 Å². The van der Waals surface area contributed by atoms with E-state index in [-0.39, 0.29) is 24.2 Å². The summed E-state index contributed by atoms with van der Waals surface area (Å²) < 4.78 is 7.19. The van der Waals surface area contributed by atoms with E-state index in [1.807, 2.05) is 13.8 Å². The van der Waals surface area contributed by atoms with Crippen molar-refractivity contribution in [3.05, 3.63) is 42.0 Å². The third-order valence-corrected chi connectivity index (χ3v) is 2.80. The van der Waals surface area contributed by atoms with Crippen LogP contribution in [0.1, 0.15) is 36.2 Å². The molecule has 1 aromatic carbocycles. The number of aromatic carboxylic acids is 1. The van der Waals surface area contributed by atoms with Gasteiger partial charge in [0.05, 0.1) is 11.9 Å². The molecule has 0 bridgehead atoms. The molecule has 0 radical (unpaired) electrons. The molecule has 1 aromatic heterocycles. The highest BCUT2D eigenvalue weighted by Crippen LogP contribution is 2.19. The molecule has 2 aromatic rings. The maximum Gasteiger partial charge on any atom is 0.372 e. The Morgan fingerprint density at radius 1 is 1.35 bits per heavy atom. The molecule has 0 saturated carbocycles.